The lowest BCUT2D eigenvalue weighted by atomic mass is 10.4. The van der Waals surface area contributed by atoms with Gasteiger partial charge in [0.25, 0.3) is 0 Å². The second-order valence-electron chi connectivity index (χ2n) is 1.50. The van der Waals surface area contributed by atoms with E-state index in [1.807, 2.05) is 12.3 Å². The van der Waals surface area contributed by atoms with Gasteiger partial charge in [0.2, 0.25) is 0 Å². The van der Waals surface area contributed by atoms with Crippen molar-refractivity contribution >= 4 is 15.9 Å². The zero-order valence-corrected chi connectivity index (χ0v) is 5.98. The number of hydrogen-bond donors (Lipinski definition) is 1. The first-order valence-corrected chi connectivity index (χ1v) is 3.60. The van der Waals surface area contributed by atoms with Gasteiger partial charge in [-0.1, -0.05) is 15.9 Å². The van der Waals surface area contributed by atoms with Gasteiger partial charge in [-0.05, 0) is 6.07 Å². The first-order valence-electron chi connectivity index (χ1n) is 2.48. The number of H-pyrrole nitrogens is 1. The van der Waals surface area contributed by atoms with E-state index in [1.54, 1.807) is 0 Å². The van der Waals surface area contributed by atoms with Crippen molar-refractivity contribution in [3.8, 4) is 0 Å². The summed E-state index contributed by atoms with van der Waals surface area (Å²) in [4.78, 5) is 0. The molecule has 44 valence electrons. The van der Waals surface area contributed by atoms with Gasteiger partial charge in [0, 0.05) is 17.9 Å². The van der Waals surface area contributed by atoms with E-state index in [0.29, 0.717) is 0 Å². The molecule has 3 heteroatoms. The fourth-order valence-electron chi connectivity index (χ4n) is 0.527. The van der Waals surface area contributed by atoms with Gasteiger partial charge in [0.15, 0.2) is 0 Å². The molecule has 1 aromatic rings. The first-order chi connectivity index (χ1) is 3.93. The van der Waals surface area contributed by atoms with Gasteiger partial charge in [-0.3, -0.25) is 5.10 Å². The quantitative estimate of drug-likeness (QED) is 0.675. The van der Waals surface area contributed by atoms with Crippen molar-refractivity contribution in [3.05, 3.63) is 18.0 Å². The second-order valence-corrected chi connectivity index (χ2v) is 2.30. The molecule has 0 aromatic carbocycles. The van der Waals surface area contributed by atoms with Crippen LogP contribution >= 0.6 is 15.9 Å². The number of hydrogen-bond acceptors (Lipinski definition) is 1. The van der Waals surface area contributed by atoms with Gasteiger partial charge >= 0.3 is 0 Å². The largest absolute Gasteiger partial charge is 0.285 e. The maximum atomic E-state index is 3.95. The molecule has 0 atom stereocenters. The minimum absolute atomic E-state index is 0.984. The molecule has 1 rings (SSSR count). The number of nitrogens with one attached hydrogen (secondary N) is 1. The summed E-state index contributed by atoms with van der Waals surface area (Å²) >= 11 is 3.32. The maximum absolute atomic E-state index is 3.95. The molecule has 1 heterocycles. The zero-order valence-electron chi connectivity index (χ0n) is 4.39. The van der Waals surface area contributed by atoms with Gasteiger partial charge in [-0.2, -0.15) is 5.10 Å². The third-order valence-electron chi connectivity index (χ3n) is 0.909. The van der Waals surface area contributed by atoms with Gasteiger partial charge in [-0.15, -0.1) is 0 Å². The highest BCUT2D eigenvalue weighted by atomic mass is 79.9. The Morgan fingerprint density at radius 1 is 1.75 bits per heavy atom. The van der Waals surface area contributed by atoms with E-state index < -0.39 is 0 Å². The van der Waals surface area contributed by atoms with Crippen LogP contribution in [-0.2, 0) is 6.42 Å². The highest BCUT2D eigenvalue weighted by Crippen LogP contribution is 1.94. The molecule has 0 spiro atoms. The van der Waals surface area contributed by atoms with E-state index in [1.165, 1.54) is 0 Å². The van der Waals surface area contributed by atoms with Crippen LogP contribution in [0, 0.1) is 0 Å². The summed E-state index contributed by atoms with van der Waals surface area (Å²) < 4.78 is 0. The highest BCUT2D eigenvalue weighted by Gasteiger charge is 1.88. The molecule has 0 aliphatic rings. The van der Waals surface area contributed by atoms with E-state index in [9.17, 15) is 0 Å². The Morgan fingerprint density at radius 2 is 2.62 bits per heavy atom. The molecule has 0 saturated heterocycles. The summed E-state index contributed by atoms with van der Waals surface area (Å²) in [6, 6.07) is 1.97. The van der Waals surface area contributed by atoms with Crippen molar-refractivity contribution in [2.75, 3.05) is 5.33 Å². The summed E-state index contributed by atoms with van der Waals surface area (Å²) in [6.07, 6.45) is 2.83. The lowest BCUT2D eigenvalue weighted by molar-refractivity contribution is 0.984. The van der Waals surface area contributed by atoms with Crippen LogP contribution in [0.15, 0.2) is 12.3 Å². The summed E-state index contributed by atoms with van der Waals surface area (Å²) in [6.45, 7) is 0. The molecule has 8 heavy (non-hydrogen) atoms. The predicted octanol–water partition coefficient (Wildman–Crippen LogP) is 1.35. The molecule has 0 bridgehead atoms. The molecule has 1 aromatic heterocycles. The second kappa shape index (κ2) is 2.87. The van der Waals surface area contributed by atoms with E-state index in [4.69, 9.17) is 0 Å². The van der Waals surface area contributed by atoms with Crippen molar-refractivity contribution in [1.29, 1.82) is 0 Å². The topological polar surface area (TPSA) is 28.7 Å². The fraction of sp³-hybridized carbons (Fsp3) is 0.400. The van der Waals surface area contributed by atoms with Crippen LogP contribution in [0.1, 0.15) is 5.69 Å². The number of aryl methyl sites for hydroxylation is 1. The van der Waals surface area contributed by atoms with E-state index >= 15 is 0 Å². The normalized spacial score (nSPS) is 9.62. The van der Waals surface area contributed by atoms with Gasteiger partial charge in [0.1, 0.15) is 0 Å². The van der Waals surface area contributed by atoms with Crippen LogP contribution < -0.4 is 0 Å². The molecule has 0 aliphatic carbocycles. The number of halogens is 1. The molecule has 1 N–H and O–H groups in total. The maximum Gasteiger partial charge on any atom is 0.0630 e. The monoisotopic (exact) mass is 174 g/mol. The molecular formula is C5H7BrN2. The Bertz CT molecular complexity index is 136. The minimum atomic E-state index is 0.984. The molecule has 0 aliphatic heterocycles. The van der Waals surface area contributed by atoms with Crippen LogP contribution in [0.25, 0.3) is 0 Å². The molecular weight excluding hydrogens is 168 g/mol. The summed E-state index contributed by atoms with van der Waals surface area (Å²) in [5.41, 5.74) is 1.11. The van der Waals surface area contributed by atoms with Crippen LogP contribution in [0.5, 0.6) is 0 Å². The standard InChI is InChI=1S/C5H7BrN2/c6-3-1-5-2-4-7-8-5/h2,4H,1,3H2,(H,7,8). The van der Waals surface area contributed by atoms with Gasteiger partial charge < -0.3 is 0 Å². The lowest BCUT2D eigenvalue weighted by Gasteiger charge is -1.83. The van der Waals surface area contributed by atoms with Crippen LogP contribution in [0.2, 0.25) is 0 Å². The number of nitrogens with zero attached hydrogens (tertiary/aromatic N) is 1. The first kappa shape index (κ1) is 5.82. The minimum Gasteiger partial charge on any atom is -0.285 e. The Hall–Kier alpha value is -0.310. The highest BCUT2D eigenvalue weighted by molar-refractivity contribution is 9.09. The average molecular weight is 175 g/mol. The van der Waals surface area contributed by atoms with Gasteiger partial charge in [-0.25, -0.2) is 0 Å². The number of rotatable bonds is 2. The van der Waals surface area contributed by atoms with Gasteiger partial charge in [0.05, 0.1) is 5.69 Å². The molecule has 0 amide bonds. The van der Waals surface area contributed by atoms with Crippen LogP contribution in [-0.4, -0.2) is 15.5 Å². The van der Waals surface area contributed by atoms with Crippen LogP contribution in [0.4, 0.5) is 0 Å². The zero-order chi connectivity index (χ0) is 5.82. The van der Waals surface area contributed by atoms with Crippen molar-refractivity contribution in [2.24, 2.45) is 0 Å². The Labute approximate surface area is 56.4 Å². The molecule has 0 unspecified atom stereocenters. The summed E-state index contributed by atoms with van der Waals surface area (Å²) in [5.74, 6) is 0. The number of alkyl halides is 1. The van der Waals surface area contributed by atoms with Crippen molar-refractivity contribution < 1.29 is 0 Å². The van der Waals surface area contributed by atoms with Crippen molar-refractivity contribution in [3.63, 3.8) is 0 Å². The Morgan fingerprint density at radius 3 is 3.12 bits per heavy atom. The summed E-state index contributed by atoms with van der Waals surface area (Å²) in [5, 5.41) is 7.68. The molecule has 2 nitrogen and oxygen atoms in total. The third kappa shape index (κ3) is 1.33. The Kier molecular flexibility index (Phi) is 2.09. The Balaban J connectivity index is 2.50. The summed E-state index contributed by atoms with van der Waals surface area (Å²) in [7, 11) is 0. The van der Waals surface area contributed by atoms with Crippen LogP contribution in [0.3, 0.4) is 0 Å². The molecule has 0 saturated carbocycles. The van der Waals surface area contributed by atoms with E-state index in [0.717, 1.165) is 17.4 Å². The fourth-order valence-corrected chi connectivity index (χ4v) is 0.933. The smallest absolute Gasteiger partial charge is 0.0630 e. The predicted molar refractivity (Wildman–Crippen MR) is 36.1 cm³/mol. The van der Waals surface area contributed by atoms with E-state index in [-0.39, 0.29) is 0 Å². The molecule has 0 fully saturated rings. The number of aromatic amines is 1. The SMILES string of the molecule is BrCCc1cc[nH]n1. The lowest BCUT2D eigenvalue weighted by Crippen LogP contribution is -1.83. The molecule has 0 radical (unpaired) electrons. The average Bonchev–Trinajstić information content (AvgIpc) is 2.19. The number of aromatic nitrogens is 2. The van der Waals surface area contributed by atoms with Crippen molar-refractivity contribution in [2.45, 2.75) is 6.42 Å². The van der Waals surface area contributed by atoms with Crippen molar-refractivity contribution in [1.82, 2.24) is 10.2 Å². The third-order valence-corrected chi connectivity index (χ3v) is 1.31. The van der Waals surface area contributed by atoms with E-state index in [2.05, 4.69) is 26.1 Å².